The third kappa shape index (κ3) is 3.67. The minimum Gasteiger partial charge on any atom is -0.609 e. The SMILES string of the molecule is CC[S+]([O-])c1cc(=O)c2c(OC)cc(OC)c([C@H]3CCN(C)C[C@H]3O)c2o1. The Balaban J connectivity index is 2.32. The first-order valence-corrected chi connectivity index (χ1v) is 10.2. The predicted molar refractivity (Wildman–Crippen MR) is 103 cm³/mol. The Morgan fingerprint density at radius 2 is 2.04 bits per heavy atom. The number of nitrogens with zero attached hydrogens (tertiary/aromatic N) is 1. The van der Waals surface area contributed by atoms with Gasteiger partial charge >= 0.3 is 5.09 Å². The molecule has 1 fully saturated rings. The van der Waals surface area contributed by atoms with Crippen LogP contribution in [-0.2, 0) is 11.2 Å². The summed E-state index contributed by atoms with van der Waals surface area (Å²) in [6.07, 6.45) is 0.0418. The lowest BCUT2D eigenvalue weighted by atomic mass is 9.85. The molecular formula is C19H25NO6S. The molecule has 3 atom stereocenters. The van der Waals surface area contributed by atoms with Gasteiger partial charge in [0.25, 0.3) is 0 Å². The Morgan fingerprint density at radius 3 is 2.63 bits per heavy atom. The summed E-state index contributed by atoms with van der Waals surface area (Å²) in [6, 6.07) is 2.90. The first kappa shape index (κ1) is 20.0. The van der Waals surface area contributed by atoms with Crippen LogP contribution in [0.2, 0.25) is 0 Å². The first-order chi connectivity index (χ1) is 12.9. The molecular weight excluding hydrogens is 370 g/mol. The van der Waals surface area contributed by atoms with Crippen molar-refractivity contribution in [2.75, 3.05) is 40.1 Å². The Labute approximate surface area is 161 Å². The van der Waals surface area contributed by atoms with Gasteiger partial charge in [0.1, 0.15) is 22.6 Å². The molecule has 2 heterocycles. The summed E-state index contributed by atoms with van der Waals surface area (Å²) >= 11 is -1.42. The highest BCUT2D eigenvalue weighted by Gasteiger charge is 2.34. The molecule has 2 aromatic rings. The van der Waals surface area contributed by atoms with E-state index in [2.05, 4.69) is 0 Å². The number of hydrogen-bond acceptors (Lipinski definition) is 7. The van der Waals surface area contributed by atoms with Gasteiger partial charge < -0.3 is 28.5 Å². The van der Waals surface area contributed by atoms with E-state index in [1.807, 2.05) is 11.9 Å². The lowest BCUT2D eigenvalue weighted by Gasteiger charge is -2.34. The third-order valence-corrected chi connectivity index (χ3v) is 6.20. The Morgan fingerprint density at radius 1 is 1.33 bits per heavy atom. The molecule has 1 aliphatic rings. The second-order valence-electron chi connectivity index (χ2n) is 6.69. The summed E-state index contributed by atoms with van der Waals surface area (Å²) in [4.78, 5) is 14.8. The molecule has 0 aliphatic carbocycles. The van der Waals surface area contributed by atoms with Crippen LogP contribution in [0.1, 0.15) is 24.8 Å². The van der Waals surface area contributed by atoms with Crippen molar-refractivity contribution in [3.63, 3.8) is 0 Å². The Kier molecular flexibility index (Phi) is 6.00. The van der Waals surface area contributed by atoms with Crippen LogP contribution in [0.15, 0.2) is 26.4 Å². The summed E-state index contributed by atoms with van der Waals surface area (Å²) in [6.45, 7) is 3.06. The van der Waals surface area contributed by atoms with Crippen molar-refractivity contribution in [1.29, 1.82) is 0 Å². The number of likely N-dealkylation sites (N-methyl/N-ethyl adjacent to an activating group) is 1. The van der Waals surface area contributed by atoms with Crippen LogP contribution in [0.5, 0.6) is 11.5 Å². The summed E-state index contributed by atoms with van der Waals surface area (Å²) in [7, 11) is 4.94. The molecule has 1 aromatic heterocycles. The van der Waals surface area contributed by atoms with E-state index < -0.39 is 17.3 Å². The van der Waals surface area contributed by atoms with Gasteiger partial charge in [-0.15, -0.1) is 0 Å². The van der Waals surface area contributed by atoms with Gasteiger partial charge in [-0.25, -0.2) is 0 Å². The molecule has 0 radical (unpaired) electrons. The van der Waals surface area contributed by atoms with E-state index in [0.29, 0.717) is 35.8 Å². The van der Waals surface area contributed by atoms with Crippen LogP contribution in [-0.4, -0.2) is 60.8 Å². The molecule has 27 heavy (non-hydrogen) atoms. The van der Waals surface area contributed by atoms with Crippen LogP contribution in [0.25, 0.3) is 11.0 Å². The molecule has 1 N–H and O–H groups in total. The Bertz CT molecular complexity index is 883. The molecule has 7 nitrogen and oxygen atoms in total. The monoisotopic (exact) mass is 395 g/mol. The van der Waals surface area contributed by atoms with E-state index in [1.165, 1.54) is 20.3 Å². The number of aliphatic hydroxyl groups is 1. The van der Waals surface area contributed by atoms with Crippen molar-refractivity contribution in [1.82, 2.24) is 4.90 Å². The van der Waals surface area contributed by atoms with Crippen molar-refractivity contribution in [3.8, 4) is 11.5 Å². The number of rotatable bonds is 5. The maximum absolute atomic E-state index is 12.8. The molecule has 148 valence electrons. The zero-order valence-corrected chi connectivity index (χ0v) is 16.8. The van der Waals surface area contributed by atoms with Gasteiger partial charge in [0, 0.05) is 35.3 Å². The van der Waals surface area contributed by atoms with Crippen LogP contribution in [0, 0.1) is 0 Å². The van der Waals surface area contributed by atoms with E-state index in [-0.39, 0.29) is 27.4 Å². The van der Waals surface area contributed by atoms with E-state index >= 15 is 0 Å². The van der Waals surface area contributed by atoms with Crippen molar-refractivity contribution < 1.29 is 23.6 Å². The van der Waals surface area contributed by atoms with E-state index in [4.69, 9.17) is 13.9 Å². The highest BCUT2D eigenvalue weighted by molar-refractivity contribution is 7.91. The van der Waals surface area contributed by atoms with Gasteiger partial charge in [0.05, 0.1) is 26.4 Å². The maximum Gasteiger partial charge on any atom is 0.315 e. The molecule has 0 saturated carbocycles. The quantitative estimate of drug-likeness (QED) is 0.770. The summed E-state index contributed by atoms with van der Waals surface area (Å²) in [5, 5.41) is 11.1. The van der Waals surface area contributed by atoms with Crippen molar-refractivity contribution >= 4 is 22.1 Å². The van der Waals surface area contributed by atoms with Gasteiger partial charge in [-0.1, -0.05) is 0 Å². The van der Waals surface area contributed by atoms with Gasteiger partial charge in [0.15, 0.2) is 5.58 Å². The number of β-amino-alcohol motifs (C(OH)–C–C–N with tert-alkyl or cyclic N) is 1. The molecule has 0 bridgehead atoms. The van der Waals surface area contributed by atoms with E-state index in [1.54, 1.807) is 13.0 Å². The average molecular weight is 395 g/mol. The van der Waals surface area contributed by atoms with Gasteiger partial charge in [-0.2, -0.15) is 0 Å². The van der Waals surface area contributed by atoms with Crippen molar-refractivity contribution in [3.05, 3.63) is 27.9 Å². The number of hydrogen-bond donors (Lipinski definition) is 1. The molecule has 3 rings (SSSR count). The number of aliphatic hydroxyl groups excluding tert-OH is 1. The number of piperidine rings is 1. The van der Waals surface area contributed by atoms with Gasteiger partial charge in [-0.3, -0.25) is 4.79 Å². The number of fused-ring (bicyclic) bond motifs is 1. The van der Waals surface area contributed by atoms with Gasteiger partial charge in [-0.05, 0) is 26.9 Å². The van der Waals surface area contributed by atoms with Crippen LogP contribution >= 0.6 is 0 Å². The minimum absolute atomic E-state index is 0.119. The van der Waals surface area contributed by atoms with Gasteiger partial charge in [0.2, 0.25) is 5.43 Å². The lowest BCUT2D eigenvalue weighted by molar-refractivity contribution is 0.0630. The normalized spacial score (nSPS) is 22.0. The smallest absolute Gasteiger partial charge is 0.315 e. The molecule has 1 saturated heterocycles. The summed E-state index contributed by atoms with van der Waals surface area (Å²) in [5.41, 5.74) is 0.585. The standard InChI is InChI=1S/C19H25NO6S/c1-5-27(23)16-8-12(21)18-15(25-4)9-14(24-3)17(19(18)26-16)11-6-7-20(2)10-13(11)22/h8-9,11,13,22H,5-7,10H2,1-4H3/t11-,13+,27?/m0/s1. The largest absolute Gasteiger partial charge is 0.609 e. The molecule has 0 amide bonds. The fourth-order valence-corrected chi connectivity index (χ4v) is 4.34. The average Bonchev–Trinajstić information content (AvgIpc) is 2.66. The van der Waals surface area contributed by atoms with Crippen LogP contribution < -0.4 is 14.9 Å². The lowest BCUT2D eigenvalue weighted by Crippen LogP contribution is -2.40. The highest BCUT2D eigenvalue weighted by Crippen LogP contribution is 2.42. The zero-order chi connectivity index (χ0) is 19.7. The van der Waals surface area contributed by atoms with Crippen molar-refractivity contribution in [2.24, 2.45) is 0 Å². The van der Waals surface area contributed by atoms with Crippen LogP contribution in [0.4, 0.5) is 0 Å². The minimum atomic E-state index is -1.42. The zero-order valence-electron chi connectivity index (χ0n) is 16.0. The molecule has 0 spiro atoms. The van der Waals surface area contributed by atoms with E-state index in [9.17, 15) is 14.5 Å². The second kappa shape index (κ2) is 8.10. The molecule has 1 aliphatic heterocycles. The van der Waals surface area contributed by atoms with E-state index in [0.717, 1.165) is 6.54 Å². The molecule has 1 aromatic carbocycles. The highest BCUT2D eigenvalue weighted by atomic mass is 32.2. The number of ether oxygens (including phenoxy) is 2. The number of benzene rings is 1. The predicted octanol–water partition coefficient (Wildman–Crippen LogP) is 1.72. The molecule has 8 heteroatoms. The summed E-state index contributed by atoms with van der Waals surface area (Å²) < 4.78 is 29.2. The maximum atomic E-state index is 12.8. The topological polar surface area (TPSA) is 95.2 Å². The molecule has 1 unspecified atom stereocenters. The van der Waals surface area contributed by atoms with Crippen molar-refractivity contribution in [2.45, 2.75) is 30.5 Å². The first-order valence-electron chi connectivity index (χ1n) is 8.88. The fraction of sp³-hybridized carbons (Fsp3) is 0.526. The summed E-state index contributed by atoms with van der Waals surface area (Å²) in [5.74, 6) is 0.881. The van der Waals surface area contributed by atoms with Crippen LogP contribution in [0.3, 0.4) is 0 Å². The number of methoxy groups -OCH3 is 2. The number of likely N-dealkylation sites (tertiary alicyclic amines) is 1. The second-order valence-corrected chi connectivity index (χ2v) is 8.36. The third-order valence-electron chi connectivity index (χ3n) is 5.03. The Hall–Kier alpha value is -1.74. The fourth-order valence-electron chi connectivity index (χ4n) is 3.64.